The van der Waals surface area contributed by atoms with E-state index in [-0.39, 0.29) is 23.6 Å². The summed E-state index contributed by atoms with van der Waals surface area (Å²) in [4.78, 5) is 10.4. The van der Waals surface area contributed by atoms with Gasteiger partial charge in [-0.25, -0.2) is 0 Å². The van der Waals surface area contributed by atoms with Crippen molar-refractivity contribution in [2.45, 2.75) is 12.5 Å². The number of halogens is 1. The van der Waals surface area contributed by atoms with Crippen molar-refractivity contribution in [3.05, 3.63) is 31.4 Å². The number of nitrogens with zero attached hydrogens (tertiary/aromatic N) is 3. The van der Waals surface area contributed by atoms with E-state index in [2.05, 4.69) is 5.32 Å². The van der Waals surface area contributed by atoms with Crippen LogP contribution >= 0.6 is 22.6 Å². The standard InChI is InChI=1S/C12H11IN4O3/c1-12(6-15,16-2)7-20-11-9(13)3-8(5-14)4-10(11)17(18)19/h3-4,16H,7H2,1-2H3. The Balaban J connectivity index is 3.16. The maximum absolute atomic E-state index is 11.0. The van der Waals surface area contributed by atoms with Gasteiger partial charge in [0.05, 0.1) is 26.2 Å². The molecule has 20 heavy (non-hydrogen) atoms. The average molecular weight is 386 g/mol. The molecule has 104 valence electrons. The second-order valence-corrected chi connectivity index (χ2v) is 5.32. The van der Waals surface area contributed by atoms with Crippen molar-refractivity contribution >= 4 is 28.3 Å². The van der Waals surface area contributed by atoms with Crippen LogP contribution in [0.2, 0.25) is 0 Å². The first-order valence-electron chi connectivity index (χ1n) is 5.48. The first-order chi connectivity index (χ1) is 9.36. The molecule has 1 rings (SSSR count). The Bertz CT molecular complexity index is 620. The minimum absolute atomic E-state index is 0.0528. The molecule has 0 aliphatic carbocycles. The number of ether oxygens (including phenoxy) is 1. The van der Waals surface area contributed by atoms with Crippen LogP contribution in [0.5, 0.6) is 5.75 Å². The van der Waals surface area contributed by atoms with Crippen LogP contribution in [-0.2, 0) is 0 Å². The van der Waals surface area contributed by atoms with Gasteiger partial charge in [-0.1, -0.05) is 0 Å². The summed E-state index contributed by atoms with van der Waals surface area (Å²) in [7, 11) is 1.60. The molecule has 1 unspecified atom stereocenters. The number of benzene rings is 1. The number of likely N-dealkylation sites (N-methyl/N-ethyl adjacent to an activating group) is 1. The zero-order valence-corrected chi connectivity index (χ0v) is 13.0. The van der Waals surface area contributed by atoms with E-state index in [9.17, 15) is 10.1 Å². The molecule has 0 aliphatic heterocycles. The summed E-state index contributed by atoms with van der Waals surface area (Å²) in [6, 6.07) is 6.53. The van der Waals surface area contributed by atoms with Crippen LogP contribution < -0.4 is 10.1 Å². The fourth-order valence-corrected chi connectivity index (χ4v) is 2.07. The number of hydrogen-bond donors (Lipinski definition) is 1. The Kier molecular flexibility index (Phi) is 5.25. The Labute approximate surface area is 129 Å². The van der Waals surface area contributed by atoms with Crippen LogP contribution in [0.4, 0.5) is 5.69 Å². The van der Waals surface area contributed by atoms with Gasteiger partial charge in [0.15, 0.2) is 0 Å². The molecular formula is C12H11IN4O3. The van der Waals surface area contributed by atoms with Crippen LogP contribution in [0, 0.1) is 36.3 Å². The van der Waals surface area contributed by atoms with Crippen LogP contribution in [-0.4, -0.2) is 24.1 Å². The normalized spacial score (nSPS) is 12.8. The van der Waals surface area contributed by atoms with E-state index in [0.717, 1.165) is 6.07 Å². The molecule has 7 nitrogen and oxygen atoms in total. The van der Waals surface area contributed by atoms with Crippen LogP contribution in [0.15, 0.2) is 12.1 Å². The maximum atomic E-state index is 11.0. The lowest BCUT2D eigenvalue weighted by Gasteiger charge is -2.21. The molecule has 0 spiro atoms. The van der Waals surface area contributed by atoms with E-state index in [4.69, 9.17) is 15.3 Å². The van der Waals surface area contributed by atoms with E-state index in [1.807, 2.05) is 34.7 Å². The van der Waals surface area contributed by atoms with Gasteiger partial charge >= 0.3 is 5.69 Å². The van der Waals surface area contributed by atoms with Gasteiger partial charge < -0.3 is 4.74 Å². The zero-order chi connectivity index (χ0) is 15.3. The summed E-state index contributed by atoms with van der Waals surface area (Å²) in [5, 5.41) is 31.7. The van der Waals surface area contributed by atoms with Gasteiger partial charge in [0.2, 0.25) is 5.75 Å². The monoisotopic (exact) mass is 386 g/mol. The SMILES string of the molecule is CNC(C)(C#N)COc1c(I)cc(C#N)cc1[N+](=O)[O-]. The molecule has 0 bridgehead atoms. The molecule has 0 heterocycles. The number of nitrogens with one attached hydrogen (secondary N) is 1. The summed E-state index contributed by atoms with van der Waals surface area (Å²) in [5.41, 5.74) is -1.06. The van der Waals surface area contributed by atoms with E-state index in [1.165, 1.54) is 6.07 Å². The summed E-state index contributed by atoms with van der Waals surface area (Å²) in [6.07, 6.45) is 0. The highest BCUT2D eigenvalue weighted by atomic mass is 127. The van der Waals surface area contributed by atoms with Crippen molar-refractivity contribution in [1.82, 2.24) is 5.32 Å². The highest BCUT2D eigenvalue weighted by Crippen LogP contribution is 2.34. The number of nitro benzene ring substituents is 1. The van der Waals surface area contributed by atoms with Crippen molar-refractivity contribution in [1.29, 1.82) is 10.5 Å². The lowest BCUT2D eigenvalue weighted by molar-refractivity contribution is -0.386. The fraction of sp³-hybridized carbons (Fsp3) is 0.333. The van der Waals surface area contributed by atoms with Crippen molar-refractivity contribution in [3.8, 4) is 17.9 Å². The first-order valence-corrected chi connectivity index (χ1v) is 6.55. The van der Waals surface area contributed by atoms with Crippen molar-refractivity contribution < 1.29 is 9.66 Å². The first kappa shape index (κ1) is 16.1. The molecular weight excluding hydrogens is 375 g/mol. The summed E-state index contributed by atoms with van der Waals surface area (Å²) >= 11 is 1.86. The second-order valence-electron chi connectivity index (χ2n) is 4.16. The lowest BCUT2D eigenvalue weighted by Crippen LogP contribution is -2.43. The molecule has 0 radical (unpaired) electrons. The third-order valence-electron chi connectivity index (χ3n) is 2.65. The van der Waals surface area contributed by atoms with E-state index in [1.54, 1.807) is 14.0 Å². The van der Waals surface area contributed by atoms with Gasteiger partial charge in [0, 0.05) is 6.07 Å². The molecule has 0 aromatic heterocycles. The smallest absolute Gasteiger partial charge is 0.313 e. The predicted molar refractivity (Wildman–Crippen MR) is 79.1 cm³/mol. The topological polar surface area (TPSA) is 112 Å². The van der Waals surface area contributed by atoms with Crippen LogP contribution in [0.25, 0.3) is 0 Å². The lowest BCUT2D eigenvalue weighted by atomic mass is 10.1. The molecule has 1 aromatic rings. The summed E-state index contributed by atoms with van der Waals surface area (Å²) < 4.78 is 5.88. The highest BCUT2D eigenvalue weighted by molar-refractivity contribution is 14.1. The minimum atomic E-state index is -0.954. The summed E-state index contributed by atoms with van der Waals surface area (Å²) in [6.45, 7) is 1.57. The van der Waals surface area contributed by atoms with Crippen molar-refractivity contribution in [2.75, 3.05) is 13.7 Å². The quantitative estimate of drug-likeness (QED) is 0.470. The third-order valence-corrected chi connectivity index (χ3v) is 3.45. The molecule has 1 aromatic carbocycles. The van der Waals surface area contributed by atoms with E-state index in [0.29, 0.717) is 3.57 Å². The van der Waals surface area contributed by atoms with Gasteiger partial charge in [-0.05, 0) is 42.6 Å². The van der Waals surface area contributed by atoms with Crippen LogP contribution in [0.1, 0.15) is 12.5 Å². The predicted octanol–water partition coefficient (Wildman–Crippen LogP) is 1.95. The van der Waals surface area contributed by atoms with Crippen molar-refractivity contribution in [3.63, 3.8) is 0 Å². The molecule has 0 fully saturated rings. The van der Waals surface area contributed by atoms with E-state index < -0.39 is 10.5 Å². The molecule has 0 saturated heterocycles. The summed E-state index contributed by atoms with van der Waals surface area (Å²) in [5.74, 6) is 0.0614. The third kappa shape index (κ3) is 3.56. The molecule has 0 aliphatic rings. The molecule has 1 N–H and O–H groups in total. The van der Waals surface area contributed by atoms with Gasteiger partial charge in [0.1, 0.15) is 12.1 Å². The highest BCUT2D eigenvalue weighted by Gasteiger charge is 2.26. The molecule has 0 amide bonds. The van der Waals surface area contributed by atoms with Gasteiger partial charge in [-0.15, -0.1) is 0 Å². The Morgan fingerprint density at radius 2 is 2.20 bits per heavy atom. The molecule has 0 saturated carbocycles. The van der Waals surface area contributed by atoms with Crippen LogP contribution in [0.3, 0.4) is 0 Å². The number of nitro groups is 1. The largest absolute Gasteiger partial charge is 0.483 e. The van der Waals surface area contributed by atoms with Gasteiger partial charge in [-0.3, -0.25) is 15.4 Å². The minimum Gasteiger partial charge on any atom is -0.483 e. The zero-order valence-electron chi connectivity index (χ0n) is 10.8. The number of rotatable bonds is 5. The molecule has 8 heteroatoms. The Morgan fingerprint density at radius 1 is 1.55 bits per heavy atom. The Morgan fingerprint density at radius 3 is 2.65 bits per heavy atom. The van der Waals surface area contributed by atoms with Gasteiger partial charge in [-0.2, -0.15) is 10.5 Å². The number of nitriles is 2. The average Bonchev–Trinajstić information content (AvgIpc) is 2.44. The second kappa shape index (κ2) is 6.50. The maximum Gasteiger partial charge on any atom is 0.313 e. The van der Waals surface area contributed by atoms with Crippen molar-refractivity contribution in [2.24, 2.45) is 0 Å². The van der Waals surface area contributed by atoms with Gasteiger partial charge in [0.25, 0.3) is 0 Å². The van der Waals surface area contributed by atoms with E-state index >= 15 is 0 Å². The fourth-order valence-electron chi connectivity index (χ4n) is 1.30. The molecule has 1 atom stereocenters. The Hall–Kier alpha value is -1.91. The number of hydrogen-bond acceptors (Lipinski definition) is 6.